The van der Waals surface area contributed by atoms with Gasteiger partial charge in [0.15, 0.2) is 10.9 Å². The first kappa shape index (κ1) is 10.3. The van der Waals surface area contributed by atoms with Crippen molar-refractivity contribution in [3.8, 4) is 0 Å². The van der Waals surface area contributed by atoms with Crippen molar-refractivity contribution in [3.05, 3.63) is 24.2 Å². The Bertz CT molecular complexity index is 373. The van der Waals surface area contributed by atoms with Gasteiger partial charge in [-0.3, -0.25) is 10.1 Å². The van der Waals surface area contributed by atoms with Crippen LogP contribution in [0.3, 0.4) is 0 Å². The van der Waals surface area contributed by atoms with Crippen molar-refractivity contribution in [1.82, 2.24) is 5.32 Å². The van der Waals surface area contributed by atoms with E-state index in [0.29, 0.717) is 10.4 Å². The largest absolute Gasteiger partial charge is 0.459 e. The van der Waals surface area contributed by atoms with E-state index in [0.717, 1.165) is 13.0 Å². The normalized spacial score (nSPS) is 23.0. The SMILES string of the molecule is CCC1C[N]C(=NC(=O)c2ccco2)S1. The molecule has 79 valence electrons. The second kappa shape index (κ2) is 4.53. The van der Waals surface area contributed by atoms with Gasteiger partial charge in [0.25, 0.3) is 0 Å². The molecular weight excluding hydrogens is 212 g/mol. The maximum atomic E-state index is 11.5. The molecule has 1 aliphatic heterocycles. The number of hydrogen-bond acceptors (Lipinski definition) is 3. The molecule has 0 bridgehead atoms. The second-order valence-corrected chi connectivity index (χ2v) is 4.43. The Kier molecular flexibility index (Phi) is 3.11. The van der Waals surface area contributed by atoms with Crippen LogP contribution in [0.1, 0.15) is 23.9 Å². The first-order chi connectivity index (χ1) is 7.29. The van der Waals surface area contributed by atoms with Crippen molar-refractivity contribution in [3.63, 3.8) is 0 Å². The van der Waals surface area contributed by atoms with Crippen LogP contribution in [0.5, 0.6) is 0 Å². The van der Waals surface area contributed by atoms with Crippen molar-refractivity contribution in [1.29, 1.82) is 0 Å². The van der Waals surface area contributed by atoms with E-state index in [4.69, 9.17) is 4.42 Å². The molecule has 1 saturated heterocycles. The van der Waals surface area contributed by atoms with Crippen LogP contribution in [0.4, 0.5) is 0 Å². The van der Waals surface area contributed by atoms with Gasteiger partial charge in [0.2, 0.25) is 0 Å². The molecule has 1 amide bonds. The van der Waals surface area contributed by atoms with Crippen LogP contribution in [-0.4, -0.2) is 22.9 Å². The fourth-order valence-corrected chi connectivity index (χ4v) is 2.12. The average Bonchev–Trinajstić information content (AvgIpc) is 2.87. The monoisotopic (exact) mass is 223 g/mol. The predicted octanol–water partition coefficient (Wildman–Crippen LogP) is 1.91. The number of amidine groups is 1. The third-order valence-corrected chi connectivity index (χ3v) is 3.33. The van der Waals surface area contributed by atoms with Crippen LogP contribution < -0.4 is 5.32 Å². The molecule has 0 spiro atoms. The molecule has 2 heterocycles. The van der Waals surface area contributed by atoms with E-state index >= 15 is 0 Å². The summed E-state index contributed by atoms with van der Waals surface area (Å²) in [7, 11) is 0. The Balaban J connectivity index is 2.02. The van der Waals surface area contributed by atoms with Gasteiger partial charge in [-0.05, 0) is 18.6 Å². The zero-order valence-electron chi connectivity index (χ0n) is 8.34. The Hall–Kier alpha value is -1.23. The van der Waals surface area contributed by atoms with Gasteiger partial charge >= 0.3 is 5.91 Å². The van der Waals surface area contributed by atoms with Gasteiger partial charge in [-0.2, -0.15) is 4.99 Å². The average molecular weight is 223 g/mol. The summed E-state index contributed by atoms with van der Waals surface area (Å²) in [5.41, 5.74) is 0. The molecule has 1 radical (unpaired) electrons. The summed E-state index contributed by atoms with van der Waals surface area (Å²) < 4.78 is 4.95. The van der Waals surface area contributed by atoms with Crippen LogP contribution in [0.2, 0.25) is 0 Å². The fourth-order valence-electron chi connectivity index (χ4n) is 1.22. The summed E-state index contributed by atoms with van der Waals surface area (Å²) in [6, 6.07) is 3.27. The van der Waals surface area contributed by atoms with E-state index < -0.39 is 0 Å². The molecule has 1 unspecified atom stereocenters. The number of aliphatic imine (C=N–C) groups is 1. The van der Waals surface area contributed by atoms with Crippen LogP contribution in [0, 0.1) is 0 Å². The van der Waals surface area contributed by atoms with Gasteiger partial charge in [0.05, 0.1) is 12.8 Å². The second-order valence-electron chi connectivity index (χ2n) is 3.17. The standard InChI is InChI=1S/C10H11N2O2S/c1-2-7-6-11-10(15-7)12-9(13)8-4-3-5-14-8/h3-5,7H,2,6H2,1H3. The molecule has 5 heteroatoms. The van der Waals surface area contributed by atoms with E-state index in [1.165, 1.54) is 6.26 Å². The molecule has 4 nitrogen and oxygen atoms in total. The van der Waals surface area contributed by atoms with Gasteiger partial charge in [-0.25, -0.2) is 0 Å². The minimum atomic E-state index is -0.358. The van der Waals surface area contributed by atoms with E-state index in [-0.39, 0.29) is 11.7 Å². The summed E-state index contributed by atoms with van der Waals surface area (Å²) in [6.45, 7) is 2.86. The molecule has 0 N–H and O–H groups in total. The number of thioether (sulfide) groups is 1. The maximum absolute atomic E-state index is 11.5. The molecule has 0 aliphatic carbocycles. The van der Waals surface area contributed by atoms with Gasteiger partial charge in [-0.1, -0.05) is 18.7 Å². The summed E-state index contributed by atoms with van der Waals surface area (Å²) in [5.74, 6) is -0.0961. The van der Waals surface area contributed by atoms with Crippen LogP contribution in [0.25, 0.3) is 0 Å². The van der Waals surface area contributed by atoms with Crippen molar-refractivity contribution < 1.29 is 9.21 Å². The highest BCUT2D eigenvalue weighted by Crippen LogP contribution is 2.22. The van der Waals surface area contributed by atoms with Crippen molar-refractivity contribution in [2.75, 3.05) is 6.54 Å². The quantitative estimate of drug-likeness (QED) is 0.769. The molecule has 2 rings (SSSR count). The molecule has 1 aromatic heterocycles. The van der Waals surface area contributed by atoms with E-state index in [1.54, 1.807) is 23.9 Å². The highest BCUT2D eigenvalue weighted by Gasteiger charge is 2.22. The van der Waals surface area contributed by atoms with Gasteiger partial charge in [-0.15, -0.1) is 0 Å². The summed E-state index contributed by atoms with van der Waals surface area (Å²) in [5, 5.41) is 5.23. The lowest BCUT2D eigenvalue weighted by Crippen LogP contribution is -2.09. The Labute approximate surface area is 92.1 Å². The number of carbonyl (C=O) groups excluding carboxylic acids is 1. The lowest BCUT2D eigenvalue weighted by atomic mass is 10.3. The fraction of sp³-hybridized carbons (Fsp3) is 0.400. The third kappa shape index (κ3) is 2.41. The lowest BCUT2D eigenvalue weighted by molar-refractivity contribution is 0.0976. The first-order valence-electron chi connectivity index (χ1n) is 4.80. The molecule has 0 aromatic carbocycles. The topological polar surface area (TPSA) is 56.7 Å². The Morgan fingerprint density at radius 2 is 2.67 bits per heavy atom. The minimum absolute atomic E-state index is 0.262. The molecule has 1 fully saturated rings. The van der Waals surface area contributed by atoms with Crippen molar-refractivity contribution in [2.24, 2.45) is 4.99 Å². The van der Waals surface area contributed by atoms with Crippen molar-refractivity contribution >= 4 is 22.8 Å². The Morgan fingerprint density at radius 1 is 1.80 bits per heavy atom. The van der Waals surface area contributed by atoms with E-state index in [2.05, 4.69) is 17.2 Å². The molecule has 1 atom stereocenters. The lowest BCUT2D eigenvalue weighted by Gasteiger charge is -1.97. The predicted molar refractivity (Wildman–Crippen MR) is 59.1 cm³/mol. The smallest absolute Gasteiger partial charge is 0.315 e. The first-order valence-corrected chi connectivity index (χ1v) is 5.68. The maximum Gasteiger partial charge on any atom is 0.315 e. The number of nitrogens with zero attached hydrogens (tertiary/aromatic N) is 2. The number of hydrogen-bond donors (Lipinski definition) is 0. The van der Waals surface area contributed by atoms with Gasteiger partial charge < -0.3 is 4.42 Å². The van der Waals surface area contributed by atoms with Crippen LogP contribution >= 0.6 is 11.8 Å². The van der Waals surface area contributed by atoms with Gasteiger partial charge in [0.1, 0.15) is 0 Å². The van der Waals surface area contributed by atoms with Gasteiger partial charge in [0, 0.05) is 5.25 Å². The molecular formula is C10H11N2O2S. The molecule has 0 saturated carbocycles. The van der Waals surface area contributed by atoms with Crippen LogP contribution in [-0.2, 0) is 0 Å². The third-order valence-electron chi connectivity index (χ3n) is 2.09. The summed E-state index contributed by atoms with van der Waals surface area (Å²) in [6.07, 6.45) is 2.50. The highest BCUT2D eigenvalue weighted by molar-refractivity contribution is 8.14. The zero-order valence-corrected chi connectivity index (χ0v) is 9.16. The number of rotatable bonds is 2. The molecule has 1 aromatic rings. The molecule has 1 aliphatic rings. The summed E-state index contributed by atoms with van der Waals surface area (Å²) in [4.78, 5) is 15.4. The number of amides is 1. The van der Waals surface area contributed by atoms with Crippen molar-refractivity contribution in [2.45, 2.75) is 18.6 Å². The molecule has 15 heavy (non-hydrogen) atoms. The Morgan fingerprint density at radius 3 is 3.27 bits per heavy atom. The minimum Gasteiger partial charge on any atom is -0.459 e. The number of carbonyl (C=O) groups is 1. The highest BCUT2D eigenvalue weighted by atomic mass is 32.2. The van der Waals surface area contributed by atoms with E-state index in [1.807, 2.05) is 0 Å². The zero-order chi connectivity index (χ0) is 10.7. The summed E-state index contributed by atoms with van der Waals surface area (Å²) >= 11 is 1.56. The van der Waals surface area contributed by atoms with E-state index in [9.17, 15) is 4.79 Å². The van der Waals surface area contributed by atoms with Crippen LogP contribution in [0.15, 0.2) is 27.8 Å². The number of furan rings is 1.